The second-order valence-corrected chi connectivity index (χ2v) is 8.09. The third-order valence-electron chi connectivity index (χ3n) is 5.09. The van der Waals surface area contributed by atoms with Gasteiger partial charge in [-0.2, -0.15) is 0 Å². The van der Waals surface area contributed by atoms with Crippen molar-refractivity contribution in [1.29, 1.82) is 0 Å². The number of aliphatic hydroxyl groups excluding tert-OH is 2. The molecule has 0 bridgehead atoms. The smallest absolute Gasteiger partial charge is 0.234 e. The molecular formula is C20H26N2O3S. The third kappa shape index (κ3) is 4.71. The number of benzene rings is 1. The van der Waals surface area contributed by atoms with E-state index in [-0.39, 0.29) is 19.1 Å². The van der Waals surface area contributed by atoms with E-state index in [9.17, 15) is 15.0 Å². The number of rotatable bonds is 7. The van der Waals surface area contributed by atoms with Gasteiger partial charge in [0.15, 0.2) is 0 Å². The van der Waals surface area contributed by atoms with Crippen molar-refractivity contribution in [3.05, 3.63) is 58.3 Å². The maximum Gasteiger partial charge on any atom is 0.234 e. The molecule has 1 amide bonds. The zero-order valence-electron chi connectivity index (χ0n) is 14.8. The van der Waals surface area contributed by atoms with Crippen molar-refractivity contribution in [3.8, 4) is 0 Å². The minimum Gasteiger partial charge on any atom is -0.396 e. The Labute approximate surface area is 158 Å². The van der Waals surface area contributed by atoms with Gasteiger partial charge in [0.05, 0.1) is 25.8 Å². The molecule has 26 heavy (non-hydrogen) atoms. The van der Waals surface area contributed by atoms with Crippen LogP contribution in [0.4, 0.5) is 0 Å². The van der Waals surface area contributed by atoms with Crippen LogP contribution in [0, 0.1) is 5.41 Å². The van der Waals surface area contributed by atoms with Crippen LogP contribution in [0.3, 0.4) is 0 Å². The fourth-order valence-corrected chi connectivity index (χ4v) is 4.27. The van der Waals surface area contributed by atoms with E-state index in [1.807, 2.05) is 52.7 Å². The van der Waals surface area contributed by atoms with Crippen molar-refractivity contribution in [2.24, 2.45) is 5.41 Å². The molecule has 5 nitrogen and oxygen atoms in total. The lowest BCUT2D eigenvalue weighted by atomic mass is 9.73. The molecule has 1 aromatic carbocycles. The topological polar surface area (TPSA) is 72.8 Å². The predicted octanol–water partition coefficient (Wildman–Crippen LogP) is 1.65. The molecule has 1 aliphatic heterocycles. The molecule has 1 aromatic heterocycles. The quantitative estimate of drug-likeness (QED) is 0.689. The number of hydrogen-bond donors (Lipinski definition) is 3. The van der Waals surface area contributed by atoms with Crippen LogP contribution in [0.2, 0.25) is 0 Å². The molecule has 1 aliphatic rings. The van der Waals surface area contributed by atoms with E-state index in [2.05, 4.69) is 5.32 Å². The maximum absolute atomic E-state index is 12.3. The summed E-state index contributed by atoms with van der Waals surface area (Å²) in [4.78, 5) is 15.4. The highest BCUT2D eigenvalue weighted by atomic mass is 32.1. The highest BCUT2D eigenvalue weighted by Gasteiger charge is 2.42. The van der Waals surface area contributed by atoms with E-state index < -0.39 is 11.5 Å². The average molecular weight is 375 g/mol. The molecule has 2 aromatic rings. The zero-order valence-corrected chi connectivity index (χ0v) is 15.6. The number of likely N-dealkylation sites (tertiary alicyclic amines) is 1. The number of hydrogen-bond acceptors (Lipinski definition) is 5. The monoisotopic (exact) mass is 374 g/mol. The van der Waals surface area contributed by atoms with Crippen LogP contribution in [-0.2, 0) is 17.8 Å². The van der Waals surface area contributed by atoms with Gasteiger partial charge in [-0.1, -0.05) is 36.4 Å². The van der Waals surface area contributed by atoms with Crippen LogP contribution in [-0.4, -0.2) is 53.4 Å². The Morgan fingerprint density at radius 1 is 1.27 bits per heavy atom. The Morgan fingerprint density at radius 2 is 2.08 bits per heavy atom. The van der Waals surface area contributed by atoms with Gasteiger partial charge in [-0.15, -0.1) is 11.3 Å². The van der Waals surface area contributed by atoms with Crippen LogP contribution in [0.5, 0.6) is 0 Å². The molecule has 2 heterocycles. The number of piperidine rings is 1. The Hall–Kier alpha value is -1.73. The molecular weight excluding hydrogens is 348 g/mol. The summed E-state index contributed by atoms with van der Waals surface area (Å²) in [6.07, 6.45) is 0.586. The molecule has 6 heteroatoms. The second kappa shape index (κ2) is 8.77. The van der Waals surface area contributed by atoms with Crippen molar-refractivity contribution in [2.45, 2.75) is 25.5 Å². The van der Waals surface area contributed by atoms with E-state index in [1.54, 1.807) is 11.3 Å². The van der Waals surface area contributed by atoms with Crippen molar-refractivity contribution in [1.82, 2.24) is 10.2 Å². The summed E-state index contributed by atoms with van der Waals surface area (Å²) >= 11 is 1.62. The lowest BCUT2D eigenvalue weighted by Crippen LogP contribution is -2.56. The molecule has 0 saturated carbocycles. The van der Waals surface area contributed by atoms with Gasteiger partial charge < -0.3 is 15.5 Å². The molecule has 1 saturated heterocycles. The lowest BCUT2D eigenvalue weighted by Gasteiger charge is -2.45. The minimum absolute atomic E-state index is 0.0265. The first-order valence-electron chi connectivity index (χ1n) is 8.95. The number of carbonyl (C=O) groups is 1. The fraction of sp³-hybridized carbons (Fsp3) is 0.450. The highest BCUT2D eigenvalue weighted by Crippen LogP contribution is 2.33. The normalized spacial score (nSPS) is 23.7. The number of carbonyl (C=O) groups excluding carboxylic acids is 1. The van der Waals surface area contributed by atoms with E-state index in [0.29, 0.717) is 32.5 Å². The van der Waals surface area contributed by atoms with Crippen molar-refractivity contribution >= 4 is 17.2 Å². The molecule has 0 unspecified atom stereocenters. The molecule has 1 fully saturated rings. The third-order valence-corrected chi connectivity index (χ3v) is 5.96. The number of aliphatic hydroxyl groups is 2. The van der Waals surface area contributed by atoms with Crippen LogP contribution in [0.25, 0.3) is 0 Å². The number of thiophene rings is 1. The summed E-state index contributed by atoms with van der Waals surface area (Å²) in [7, 11) is 0. The molecule has 2 atom stereocenters. The highest BCUT2D eigenvalue weighted by molar-refractivity contribution is 7.09. The zero-order chi connectivity index (χ0) is 18.4. The molecule has 0 aliphatic carbocycles. The van der Waals surface area contributed by atoms with E-state index in [1.165, 1.54) is 0 Å². The summed E-state index contributed by atoms with van der Waals surface area (Å²) in [5, 5.41) is 25.6. The van der Waals surface area contributed by atoms with Crippen molar-refractivity contribution < 1.29 is 15.0 Å². The van der Waals surface area contributed by atoms with Gasteiger partial charge in [0.25, 0.3) is 0 Å². The average Bonchev–Trinajstić information content (AvgIpc) is 3.17. The summed E-state index contributed by atoms with van der Waals surface area (Å²) < 4.78 is 0. The van der Waals surface area contributed by atoms with E-state index >= 15 is 0 Å². The first-order valence-corrected chi connectivity index (χ1v) is 9.83. The number of amides is 1. The summed E-state index contributed by atoms with van der Waals surface area (Å²) in [6.45, 7) is 1.89. The van der Waals surface area contributed by atoms with Crippen molar-refractivity contribution in [3.63, 3.8) is 0 Å². The Balaban J connectivity index is 1.59. The maximum atomic E-state index is 12.3. The van der Waals surface area contributed by atoms with Gasteiger partial charge in [0.2, 0.25) is 5.91 Å². The van der Waals surface area contributed by atoms with Gasteiger partial charge in [0.1, 0.15) is 0 Å². The first kappa shape index (κ1) is 19.0. The second-order valence-electron chi connectivity index (χ2n) is 7.05. The van der Waals surface area contributed by atoms with E-state index in [4.69, 9.17) is 0 Å². The Bertz CT molecular complexity index is 692. The van der Waals surface area contributed by atoms with Gasteiger partial charge in [0, 0.05) is 23.4 Å². The summed E-state index contributed by atoms with van der Waals surface area (Å²) in [5.41, 5.74) is 0.456. The van der Waals surface area contributed by atoms with Crippen molar-refractivity contribution in [2.75, 3.05) is 26.2 Å². The lowest BCUT2D eigenvalue weighted by molar-refractivity contribution is -0.126. The SMILES string of the molecule is O=C(CN1CC[C@H](O)[C@](CO)(Cc2ccccc2)C1)NCc1cccs1. The summed E-state index contributed by atoms with van der Waals surface area (Å²) in [5.74, 6) is -0.0265. The Morgan fingerprint density at radius 3 is 2.77 bits per heavy atom. The summed E-state index contributed by atoms with van der Waals surface area (Å²) in [6, 6.07) is 13.9. The first-order chi connectivity index (χ1) is 12.6. The van der Waals surface area contributed by atoms with Gasteiger partial charge in [-0.05, 0) is 29.9 Å². The van der Waals surface area contributed by atoms with Crippen LogP contribution < -0.4 is 5.32 Å². The Kier molecular flexibility index (Phi) is 6.43. The van der Waals surface area contributed by atoms with Gasteiger partial charge >= 0.3 is 0 Å². The molecule has 140 valence electrons. The fourth-order valence-electron chi connectivity index (χ4n) is 3.62. The molecule has 0 spiro atoms. The molecule has 0 radical (unpaired) electrons. The predicted molar refractivity (Wildman–Crippen MR) is 103 cm³/mol. The number of nitrogens with zero attached hydrogens (tertiary/aromatic N) is 1. The molecule has 3 N–H and O–H groups in total. The van der Waals surface area contributed by atoms with Crippen LogP contribution >= 0.6 is 11.3 Å². The van der Waals surface area contributed by atoms with Crippen LogP contribution in [0.1, 0.15) is 16.9 Å². The number of nitrogens with one attached hydrogen (secondary N) is 1. The van der Waals surface area contributed by atoms with Gasteiger partial charge in [-0.25, -0.2) is 0 Å². The molecule has 3 rings (SSSR count). The van der Waals surface area contributed by atoms with E-state index in [0.717, 1.165) is 10.4 Å². The minimum atomic E-state index is -0.631. The van der Waals surface area contributed by atoms with Crippen LogP contribution in [0.15, 0.2) is 47.8 Å². The standard InChI is InChI=1S/C20H26N2O3S/c23-15-20(11-16-5-2-1-3-6-16)14-22(9-8-18(20)24)13-19(25)21-12-17-7-4-10-26-17/h1-7,10,18,23-24H,8-9,11-15H2,(H,21,25)/t18-,20+/m0/s1. The van der Waals surface area contributed by atoms with Gasteiger partial charge in [-0.3, -0.25) is 9.69 Å². The largest absolute Gasteiger partial charge is 0.396 e.